The summed E-state index contributed by atoms with van der Waals surface area (Å²) in [6.07, 6.45) is 4.43. The van der Waals surface area contributed by atoms with Gasteiger partial charge < -0.3 is 15.7 Å². The van der Waals surface area contributed by atoms with Crippen LogP contribution in [0.1, 0.15) is 46.0 Å². The lowest BCUT2D eigenvalue weighted by Gasteiger charge is -2.38. The number of rotatable bonds is 4. The van der Waals surface area contributed by atoms with Crippen molar-refractivity contribution in [1.29, 1.82) is 0 Å². The molecule has 0 aliphatic heterocycles. The minimum Gasteiger partial charge on any atom is -0.481 e. The number of carboxylic acids is 1. The minimum absolute atomic E-state index is 0.0402. The van der Waals surface area contributed by atoms with Crippen molar-refractivity contribution >= 4 is 12.0 Å². The first-order chi connectivity index (χ1) is 7.92. The van der Waals surface area contributed by atoms with Gasteiger partial charge in [-0.25, -0.2) is 4.79 Å². The van der Waals surface area contributed by atoms with Crippen molar-refractivity contribution in [3.05, 3.63) is 0 Å². The third kappa shape index (κ3) is 4.63. The van der Waals surface area contributed by atoms with Crippen molar-refractivity contribution in [2.24, 2.45) is 5.41 Å². The van der Waals surface area contributed by atoms with Crippen LogP contribution in [0.2, 0.25) is 0 Å². The van der Waals surface area contributed by atoms with Crippen molar-refractivity contribution in [1.82, 2.24) is 10.6 Å². The molecule has 1 aliphatic rings. The molecular weight excluding hydrogens is 220 g/mol. The van der Waals surface area contributed by atoms with Crippen molar-refractivity contribution in [2.45, 2.75) is 52.0 Å². The molecule has 3 N–H and O–H groups in total. The van der Waals surface area contributed by atoms with Gasteiger partial charge in [-0.2, -0.15) is 0 Å². The normalized spacial score (nSPS) is 22.8. The van der Waals surface area contributed by atoms with Gasteiger partial charge in [0.15, 0.2) is 0 Å². The molecule has 1 saturated carbocycles. The summed E-state index contributed by atoms with van der Waals surface area (Å²) < 4.78 is 0. The summed E-state index contributed by atoms with van der Waals surface area (Å²) in [5.41, 5.74) is 0.127. The van der Waals surface area contributed by atoms with Gasteiger partial charge in [0.1, 0.15) is 0 Å². The molecular formula is C12H22N2O3. The van der Waals surface area contributed by atoms with Crippen LogP contribution in [0.15, 0.2) is 0 Å². The summed E-state index contributed by atoms with van der Waals surface area (Å²) in [7, 11) is 0. The van der Waals surface area contributed by atoms with Gasteiger partial charge in [-0.05, 0) is 18.3 Å². The summed E-state index contributed by atoms with van der Waals surface area (Å²) in [4.78, 5) is 21.9. The molecule has 5 heteroatoms. The van der Waals surface area contributed by atoms with Crippen molar-refractivity contribution in [2.75, 3.05) is 6.54 Å². The van der Waals surface area contributed by atoms with Gasteiger partial charge in [0.05, 0.1) is 6.42 Å². The molecule has 0 heterocycles. The molecule has 1 fully saturated rings. The Labute approximate surface area is 102 Å². The van der Waals surface area contributed by atoms with Crippen molar-refractivity contribution in [3.8, 4) is 0 Å². The highest BCUT2D eigenvalue weighted by Gasteiger charge is 2.32. The van der Waals surface area contributed by atoms with Gasteiger partial charge in [0, 0.05) is 12.6 Å². The highest BCUT2D eigenvalue weighted by Crippen LogP contribution is 2.35. The fraction of sp³-hybridized carbons (Fsp3) is 0.833. The quantitative estimate of drug-likeness (QED) is 0.702. The molecule has 0 aromatic rings. The number of hydrogen-bond acceptors (Lipinski definition) is 2. The van der Waals surface area contributed by atoms with E-state index in [9.17, 15) is 9.59 Å². The Balaban J connectivity index is 2.32. The molecule has 17 heavy (non-hydrogen) atoms. The highest BCUT2D eigenvalue weighted by molar-refractivity contribution is 5.75. The first-order valence-corrected chi connectivity index (χ1v) is 6.18. The number of hydrogen-bond donors (Lipinski definition) is 3. The number of amides is 2. The second-order valence-corrected chi connectivity index (χ2v) is 5.33. The Morgan fingerprint density at radius 2 is 2.06 bits per heavy atom. The minimum atomic E-state index is -0.900. The molecule has 5 nitrogen and oxygen atoms in total. The van der Waals surface area contributed by atoms with Gasteiger partial charge in [-0.15, -0.1) is 0 Å². The number of nitrogens with one attached hydrogen (secondary N) is 2. The second-order valence-electron chi connectivity index (χ2n) is 5.33. The molecule has 0 aromatic heterocycles. The number of carbonyl (C=O) groups is 2. The Hall–Kier alpha value is -1.26. The smallest absolute Gasteiger partial charge is 0.315 e. The van der Waals surface area contributed by atoms with Crippen LogP contribution in [0.5, 0.6) is 0 Å². The van der Waals surface area contributed by atoms with Gasteiger partial charge in [-0.1, -0.05) is 26.7 Å². The molecule has 98 valence electrons. The van der Waals surface area contributed by atoms with E-state index in [-0.39, 0.29) is 30.5 Å². The average molecular weight is 242 g/mol. The molecule has 1 rings (SSSR count). The lowest BCUT2D eigenvalue weighted by atomic mass is 9.73. The molecule has 1 atom stereocenters. The van der Waals surface area contributed by atoms with Crippen LogP contribution in [0.25, 0.3) is 0 Å². The van der Waals surface area contributed by atoms with Crippen molar-refractivity contribution < 1.29 is 14.7 Å². The van der Waals surface area contributed by atoms with E-state index in [1.54, 1.807) is 0 Å². The van der Waals surface area contributed by atoms with E-state index < -0.39 is 5.97 Å². The largest absolute Gasteiger partial charge is 0.481 e. The predicted molar refractivity (Wildman–Crippen MR) is 64.8 cm³/mol. The molecule has 0 radical (unpaired) electrons. The molecule has 0 spiro atoms. The maximum absolute atomic E-state index is 11.6. The number of carboxylic acid groups (broad SMARTS) is 1. The number of urea groups is 1. The SMILES string of the molecule is CC1(C)CCCCC1NC(=O)NCCC(=O)O. The van der Waals surface area contributed by atoms with Crippen LogP contribution in [0, 0.1) is 5.41 Å². The van der Waals surface area contributed by atoms with E-state index in [1.165, 1.54) is 6.42 Å². The maximum atomic E-state index is 11.6. The summed E-state index contributed by atoms with van der Waals surface area (Å²) in [5.74, 6) is -0.900. The standard InChI is InChI=1S/C12H22N2O3/c1-12(2)7-4-3-5-9(12)14-11(17)13-8-6-10(15)16/h9H,3-8H2,1-2H3,(H,15,16)(H2,13,14,17). The van der Waals surface area contributed by atoms with Crippen LogP contribution in [-0.4, -0.2) is 29.7 Å². The Morgan fingerprint density at radius 3 is 2.65 bits per heavy atom. The van der Waals surface area contributed by atoms with Crippen LogP contribution in [0.4, 0.5) is 4.79 Å². The second kappa shape index (κ2) is 5.89. The van der Waals surface area contributed by atoms with E-state index in [0.717, 1.165) is 19.3 Å². The van der Waals surface area contributed by atoms with Crippen LogP contribution >= 0.6 is 0 Å². The maximum Gasteiger partial charge on any atom is 0.315 e. The van der Waals surface area contributed by atoms with Crippen molar-refractivity contribution in [3.63, 3.8) is 0 Å². The van der Waals surface area contributed by atoms with Crippen LogP contribution in [-0.2, 0) is 4.79 Å². The topological polar surface area (TPSA) is 78.4 Å². The predicted octanol–water partition coefficient (Wildman–Crippen LogP) is 1.73. The monoisotopic (exact) mass is 242 g/mol. The summed E-state index contributed by atoms with van der Waals surface area (Å²) in [6.45, 7) is 4.50. The first-order valence-electron chi connectivity index (χ1n) is 6.18. The highest BCUT2D eigenvalue weighted by atomic mass is 16.4. The lowest BCUT2D eigenvalue weighted by molar-refractivity contribution is -0.136. The molecule has 1 aliphatic carbocycles. The van der Waals surface area contributed by atoms with Gasteiger partial charge in [0.2, 0.25) is 0 Å². The lowest BCUT2D eigenvalue weighted by Crippen LogP contribution is -2.50. The third-order valence-corrected chi connectivity index (χ3v) is 3.44. The van der Waals surface area contributed by atoms with Gasteiger partial charge in [-0.3, -0.25) is 4.79 Å². The Morgan fingerprint density at radius 1 is 1.35 bits per heavy atom. The summed E-state index contributed by atoms with van der Waals surface area (Å²) >= 11 is 0. The van der Waals surface area contributed by atoms with E-state index >= 15 is 0 Å². The van der Waals surface area contributed by atoms with Gasteiger partial charge >= 0.3 is 12.0 Å². The molecule has 2 amide bonds. The van der Waals surface area contributed by atoms with E-state index in [0.29, 0.717) is 0 Å². The molecule has 0 bridgehead atoms. The van der Waals surface area contributed by atoms with E-state index in [2.05, 4.69) is 24.5 Å². The van der Waals surface area contributed by atoms with Gasteiger partial charge in [0.25, 0.3) is 0 Å². The zero-order chi connectivity index (χ0) is 12.9. The molecule has 0 saturated heterocycles. The fourth-order valence-corrected chi connectivity index (χ4v) is 2.25. The zero-order valence-electron chi connectivity index (χ0n) is 10.6. The Bertz CT molecular complexity index is 289. The third-order valence-electron chi connectivity index (χ3n) is 3.44. The van der Waals surface area contributed by atoms with E-state index in [4.69, 9.17) is 5.11 Å². The average Bonchev–Trinajstić information content (AvgIpc) is 2.20. The first kappa shape index (κ1) is 13.8. The fourth-order valence-electron chi connectivity index (χ4n) is 2.25. The van der Waals surface area contributed by atoms with Crippen LogP contribution in [0.3, 0.4) is 0 Å². The molecule has 0 aromatic carbocycles. The Kier molecular flexibility index (Phi) is 4.78. The van der Waals surface area contributed by atoms with Crippen LogP contribution < -0.4 is 10.6 Å². The molecule has 1 unspecified atom stereocenters. The number of aliphatic carboxylic acids is 1. The van der Waals surface area contributed by atoms with E-state index in [1.807, 2.05) is 0 Å². The summed E-state index contributed by atoms with van der Waals surface area (Å²) in [6, 6.07) is -0.0766. The number of carbonyl (C=O) groups excluding carboxylic acids is 1. The zero-order valence-corrected chi connectivity index (χ0v) is 10.6. The summed E-state index contributed by atoms with van der Waals surface area (Å²) in [5, 5.41) is 14.0.